The lowest BCUT2D eigenvalue weighted by atomic mass is 10.0. The van der Waals surface area contributed by atoms with E-state index in [4.69, 9.17) is 5.11 Å². The van der Waals surface area contributed by atoms with Crippen molar-refractivity contribution in [1.29, 1.82) is 0 Å². The summed E-state index contributed by atoms with van der Waals surface area (Å²) in [5.41, 5.74) is 0.709. The second kappa shape index (κ2) is 4.60. The zero-order chi connectivity index (χ0) is 10.8. The summed E-state index contributed by atoms with van der Waals surface area (Å²) < 4.78 is 14.3. The third-order valence-corrected chi connectivity index (χ3v) is 3.19. The van der Waals surface area contributed by atoms with E-state index >= 15 is 0 Å². The zero-order valence-electron chi connectivity index (χ0n) is 8.29. The molecule has 0 spiro atoms. The Labute approximate surface area is 96.8 Å². The Morgan fingerprint density at radius 2 is 2.20 bits per heavy atom. The van der Waals surface area contributed by atoms with Crippen molar-refractivity contribution in [3.63, 3.8) is 0 Å². The Morgan fingerprint density at radius 3 is 2.87 bits per heavy atom. The van der Waals surface area contributed by atoms with Crippen molar-refractivity contribution in [2.45, 2.75) is 6.54 Å². The van der Waals surface area contributed by atoms with Gasteiger partial charge in [0.05, 0.1) is 0 Å². The van der Waals surface area contributed by atoms with E-state index in [1.807, 2.05) is 6.07 Å². The van der Waals surface area contributed by atoms with Crippen LogP contribution >= 0.6 is 15.9 Å². The number of aliphatic hydroxyl groups excluding tert-OH is 1. The Kier molecular flexibility index (Phi) is 3.38. The molecule has 0 aliphatic carbocycles. The van der Waals surface area contributed by atoms with Crippen LogP contribution in [0.2, 0.25) is 0 Å². The predicted octanol–water partition coefficient (Wildman–Crippen LogP) is 2.01. The Balaban J connectivity index is 1.97. The largest absolute Gasteiger partial charge is 0.396 e. The molecule has 1 aromatic carbocycles. The van der Waals surface area contributed by atoms with Crippen LogP contribution in [0.3, 0.4) is 0 Å². The smallest absolute Gasteiger partial charge is 0.127 e. The maximum Gasteiger partial charge on any atom is 0.127 e. The van der Waals surface area contributed by atoms with Gasteiger partial charge in [-0.15, -0.1) is 0 Å². The normalized spacial score (nSPS) is 17.8. The van der Waals surface area contributed by atoms with E-state index in [0.717, 1.165) is 17.6 Å². The lowest BCUT2D eigenvalue weighted by Gasteiger charge is -2.38. The molecule has 1 fully saturated rings. The van der Waals surface area contributed by atoms with Crippen LogP contribution < -0.4 is 0 Å². The molecule has 1 N–H and O–H groups in total. The summed E-state index contributed by atoms with van der Waals surface area (Å²) in [6.45, 7) is 2.59. The molecule has 1 saturated heterocycles. The molecular formula is C11H13BrFNO. The molecule has 0 aromatic heterocycles. The van der Waals surface area contributed by atoms with Gasteiger partial charge >= 0.3 is 0 Å². The lowest BCUT2D eigenvalue weighted by Crippen LogP contribution is -2.47. The van der Waals surface area contributed by atoms with E-state index in [0.29, 0.717) is 18.0 Å². The number of hydrogen-bond acceptors (Lipinski definition) is 2. The van der Waals surface area contributed by atoms with Gasteiger partial charge < -0.3 is 5.11 Å². The molecule has 2 nitrogen and oxygen atoms in total. The van der Waals surface area contributed by atoms with Crippen LogP contribution in [0.25, 0.3) is 0 Å². The first-order chi connectivity index (χ1) is 7.19. The van der Waals surface area contributed by atoms with Gasteiger partial charge in [-0.25, -0.2) is 4.39 Å². The average Bonchev–Trinajstić information content (AvgIpc) is 2.16. The van der Waals surface area contributed by atoms with Crippen molar-refractivity contribution in [1.82, 2.24) is 4.90 Å². The van der Waals surface area contributed by atoms with E-state index in [1.54, 1.807) is 6.07 Å². The number of benzene rings is 1. The Morgan fingerprint density at radius 1 is 1.47 bits per heavy atom. The molecule has 0 atom stereocenters. The highest BCUT2D eigenvalue weighted by Crippen LogP contribution is 2.21. The lowest BCUT2D eigenvalue weighted by molar-refractivity contribution is 0.0471. The second-order valence-electron chi connectivity index (χ2n) is 3.98. The van der Waals surface area contributed by atoms with Crippen LogP contribution in [0.4, 0.5) is 4.39 Å². The molecule has 15 heavy (non-hydrogen) atoms. The first-order valence-corrected chi connectivity index (χ1v) is 5.75. The maximum absolute atomic E-state index is 13.4. The van der Waals surface area contributed by atoms with E-state index < -0.39 is 0 Å². The van der Waals surface area contributed by atoms with Gasteiger partial charge in [0.2, 0.25) is 0 Å². The fraction of sp³-hybridized carbons (Fsp3) is 0.455. The van der Waals surface area contributed by atoms with Gasteiger partial charge in [-0.3, -0.25) is 4.90 Å². The van der Waals surface area contributed by atoms with Gasteiger partial charge in [0.25, 0.3) is 0 Å². The minimum absolute atomic E-state index is 0.161. The van der Waals surface area contributed by atoms with Crippen LogP contribution in [-0.2, 0) is 6.54 Å². The summed E-state index contributed by atoms with van der Waals surface area (Å²) >= 11 is 3.33. The number of nitrogens with zero attached hydrogens (tertiary/aromatic N) is 1. The third kappa shape index (κ3) is 2.56. The number of likely N-dealkylation sites (tertiary alicyclic amines) is 1. The molecule has 82 valence electrons. The fourth-order valence-corrected chi connectivity index (χ4v) is 2.24. The van der Waals surface area contributed by atoms with Gasteiger partial charge in [-0.05, 0) is 18.2 Å². The summed E-state index contributed by atoms with van der Waals surface area (Å²) in [6.07, 6.45) is 0. The molecule has 1 aliphatic heterocycles. The van der Waals surface area contributed by atoms with Crippen LogP contribution in [0.5, 0.6) is 0 Å². The molecular weight excluding hydrogens is 261 g/mol. The first-order valence-electron chi connectivity index (χ1n) is 4.96. The first kappa shape index (κ1) is 11.0. The molecule has 4 heteroatoms. The highest BCUT2D eigenvalue weighted by molar-refractivity contribution is 9.10. The van der Waals surface area contributed by atoms with Crippen molar-refractivity contribution < 1.29 is 9.50 Å². The highest BCUT2D eigenvalue weighted by Gasteiger charge is 2.26. The van der Waals surface area contributed by atoms with Gasteiger partial charge in [0, 0.05) is 42.2 Å². The minimum Gasteiger partial charge on any atom is -0.396 e. The van der Waals surface area contributed by atoms with Gasteiger partial charge in [0.1, 0.15) is 5.82 Å². The van der Waals surface area contributed by atoms with E-state index in [9.17, 15) is 4.39 Å². The predicted molar refractivity (Wildman–Crippen MR) is 60.0 cm³/mol. The minimum atomic E-state index is -0.161. The van der Waals surface area contributed by atoms with Crippen LogP contribution in [0.1, 0.15) is 5.56 Å². The molecule has 0 saturated carbocycles. The maximum atomic E-state index is 13.4. The summed E-state index contributed by atoms with van der Waals surface area (Å²) in [5, 5.41) is 8.86. The quantitative estimate of drug-likeness (QED) is 0.911. The molecule has 1 heterocycles. The topological polar surface area (TPSA) is 23.5 Å². The van der Waals surface area contributed by atoms with E-state index in [-0.39, 0.29) is 12.4 Å². The monoisotopic (exact) mass is 273 g/mol. The Bertz CT molecular complexity index is 352. The summed E-state index contributed by atoms with van der Waals surface area (Å²) in [7, 11) is 0. The van der Waals surface area contributed by atoms with Crippen molar-refractivity contribution in [3.8, 4) is 0 Å². The van der Waals surface area contributed by atoms with Gasteiger partial charge in [0.15, 0.2) is 0 Å². The molecule has 2 rings (SSSR count). The number of aliphatic hydroxyl groups is 1. The average molecular weight is 274 g/mol. The number of hydrogen-bond donors (Lipinski definition) is 1. The second-order valence-corrected chi connectivity index (χ2v) is 4.89. The van der Waals surface area contributed by atoms with Gasteiger partial charge in [-0.2, -0.15) is 0 Å². The van der Waals surface area contributed by atoms with Crippen LogP contribution in [0, 0.1) is 11.7 Å². The van der Waals surface area contributed by atoms with Crippen molar-refractivity contribution in [3.05, 3.63) is 34.1 Å². The molecule has 0 unspecified atom stereocenters. The van der Waals surface area contributed by atoms with E-state index in [2.05, 4.69) is 20.8 Å². The molecule has 1 aliphatic rings. The van der Waals surface area contributed by atoms with Crippen molar-refractivity contribution >= 4 is 15.9 Å². The number of rotatable bonds is 3. The summed E-state index contributed by atoms with van der Waals surface area (Å²) in [6, 6.07) is 4.98. The fourth-order valence-electron chi connectivity index (χ4n) is 1.83. The third-order valence-electron chi connectivity index (χ3n) is 2.69. The highest BCUT2D eigenvalue weighted by atomic mass is 79.9. The SMILES string of the molecule is OCC1CN(Cc2cc(Br)ccc2F)C1. The zero-order valence-corrected chi connectivity index (χ0v) is 9.87. The molecule has 0 radical (unpaired) electrons. The van der Waals surface area contributed by atoms with Gasteiger partial charge in [-0.1, -0.05) is 15.9 Å². The van der Waals surface area contributed by atoms with E-state index in [1.165, 1.54) is 6.07 Å². The molecule has 1 aromatic rings. The van der Waals surface area contributed by atoms with Crippen molar-refractivity contribution in [2.24, 2.45) is 5.92 Å². The van der Waals surface area contributed by atoms with Crippen LogP contribution in [0.15, 0.2) is 22.7 Å². The van der Waals surface area contributed by atoms with Crippen LogP contribution in [-0.4, -0.2) is 29.7 Å². The standard InChI is InChI=1S/C11H13BrFNO/c12-10-1-2-11(13)9(3-10)6-14-4-8(5-14)7-15/h1-3,8,15H,4-7H2. The van der Waals surface area contributed by atoms with Crippen molar-refractivity contribution in [2.75, 3.05) is 19.7 Å². The molecule has 0 amide bonds. The summed E-state index contributed by atoms with van der Waals surface area (Å²) in [4.78, 5) is 2.13. The summed E-state index contributed by atoms with van der Waals surface area (Å²) in [5.74, 6) is 0.214. The molecule has 0 bridgehead atoms. The number of halogens is 2. The Hall–Kier alpha value is -0.450.